The summed E-state index contributed by atoms with van der Waals surface area (Å²) in [6.45, 7) is 1.97. The highest BCUT2D eigenvalue weighted by molar-refractivity contribution is 5.61. The lowest BCUT2D eigenvalue weighted by molar-refractivity contribution is -0.384. The van der Waals surface area contributed by atoms with Gasteiger partial charge in [-0.3, -0.25) is 10.1 Å². The van der Waals surface area contributed by atoms with Gasteiger partial charge in [-0.1, -0.05) is 0 Å². The lowest BCUT2D eigenvalue weighted by atomic mass is 10.1. The average Bonchev–Trinajstić information content (AvgIpc) is 2.80. The summed E-state index contributed by atoms with van der Waals surface area (Å²) in [5.74, 6) is 0.860. The Hall–Kier alpha value is -2.50. The van der Waals surface area contributed by atoms with Crippen LogP contribution in [0.5, 0.6) is 0 Å². The second-order valence-electron chi connectivity index (χ2n) is 4.40. The maximum absolute atomic E-state index is 10.8. The topological polar surface area (TPSA) is 94.3 Å². The van der Waals surface area contributed by atoms with Crippen molar-refractivity contribution in [3.8, 4) is 0 Å². The van der Waals surface area contributed by atoms with Crippen molar-refractivity contribution in [2.75, 3.05) is 11.1 Å². The van der Waals surface area contributed by atoms with E-state index in [-0.39, 0.29) is 11.7 Å². The molecular formula is C13H15N3O3. The predicted molar refractivity (Wildman–Crippen MR) is 73.0 cm³/mol. The molecule has 3 N–H and O–H groups in total. The van der Waals surface area contributed by atoms with Crippen molar-refractivity contribution < 1.29 is 9.34 Å². The number of nitrogens with one attached hydrogen (secondary N) is 1. The van der Waals surface area contributed by atoms with Crippen LogP contribution in [0.4, 0.5) is 17.1 Å². The third-order valence-corrected chi connectivity index (χ3v) is 2.65. The number of nitro groups is 1. The van der Waals surface area contributed by atoms with Crippen LogP contribution >= 0.6 is 0 Å². The van der Waals surface area contributed by atoms with Crippen LogP contribution in [0.1, 0.15) is 12.7 Å². The Labute approximate surface area is 110 Å². The van der Waals surface area contributed by atoms with Crippen molar-refractivity contribution in [1.29, 1.82) is 0 Å². The predicted octanol–water partition coefficient (Wildman–Crippen LogP) is 2.81. The second kappa shape index (κ2) is 5.43. The number of nitrogens with zero attached hydrogens (tertiary/aromatic N) is 1. The number of non-ortho nitro benzene ring substituents is 1. The number of hydrogen-bond acceptors (Lipinski definition) is 5. The van der Waals surface area contributed by atoms with Crippen molar-refractivity contribution in [3.63, 3.8) is 0 Å². The normalized spacial score (nSPS) is 12.1. The van der Waals surface area contributed by atoms with Gasteiger partial charge >= 0.3 is 0 Å². The van der Waals surface area contributed by atoms with Crippen LogP contribution in [0.2, 0.25) is 0 Å². The molecule has 0 aliphatic heterocycles. The molecule has 0 radical (unpaired) electrons. The van der Waals surface area contributed by atoms with Crippen molar-refractivity contribution >= 4 is 17.1 Å². The van der Waals surface area contributed by atoms with E-state index in [1.807, 2.05) is 19.1 Å². The van der Waals surface area contributed by atoms with E-state index in [0.717, 1.165) is 5.76 Å². The van der Waals surface area contributed by atoms with Gasteiger partial charge in [0.05, 0.1) is 11.2 Å². The molecule has 19 heavy (non-hydrogen) atoms. The summed E-state index contributed by atoms with van der Waals surface area (Å²) in [6, 6.07) is 8.27. The molecule has 0 bridgehead atoms. The molecular weight excluding hydrogens is 246 g/mol. The molecule has 1 aromatic carbocycles. The second-order valence-corrected chi connectivity index (χ2v) is 4.40. The first kappa shape index (κ1) is 12.9. The first-order valence-electron chi connectivity index (χ1n) is 5.88. The molecule has 0 aliphatic carbocycles. The van der Waals surface area contributed by atoms with Gasteiger partial charge in [-0.25, -0.2) is 0 Å². The molecule has 2 rings (SSSR count). The van der Waals surface area contributed by atoms with E-state index in [9.17, 15) is 10.1 Å². The quantitative estimate of drug-likeness (QED) is 0.490. The number of hydrogen-bond donors (Lipinski definition) is 2. The number of nitrogens with two attached hydrogens (primary N) is 1. The number of nitro benzene ring substituents is 1. The van der Waals surface area contributed by atoms with E-state index < -0.39 is 4.92 Å². The minimum Gasteiger partial charge on any atom is -0.469 e. The van der Waals surface area contributed by atoms with Gasteiger partial charge in [0.1, 0.15) is 5.76 Å². The van der Waals surface area contributed by atoms with E-state index in [4.69, 9.17) is 10.2 Å². The van der Waals surface area contributed by atoms with Gasteiger partial charge in [-0.15, -0.1) is 0 Å². The van der Waals surface area contributed by atoms with Gasteiger partial charge in [0, 0.05) is 36.0 Å². The molecule has 0 amide bonds. The number of nitrogen functional groups attached to an aromatic ring is 1. The minimum absolute atomic E-state index is 0.0206. The van der Waals surface area contributed by atoms with Gasteiger partial charge < -0.3 is 15.5 Å². The molecule has 1 unspecified atom stereocenters. The van der Waals surface area contributed by atoms with Gasteiger partial charge in [0.25, 0.3) is 5.69 Å². The molecule has 0 aliphatic rings. The molecule has 0 fully saturated rings. The standard InChI is InChI=1S/C13H15N3O3/c1-9(5-13-3-2-4-19-13)15-11-6-10(14)7-12(8-11)16(17)18/h2-4,6-9,15H,5,14H2,1H3. The molecule has 6 heteroatoms. The van der Waals surface area contributed by atoms with Crippen molar-refractivity contribution in [1.82, 2.24) is 0 Å². The fraction of sp³-hybridized carbons (Fsp3) is 0.231. The SMILES string of the molecule is CC(Cc1ccco1)Nc1cc(N)cc([N+](=O)[O-])c1. The Bertz CT molecular complexity index is 567. The summed E-state index contributed by atoms with van der Waals surface area (Å²) < 4.78 is 5.25. The van der Waals surface area contributed by atoms with Crippen LogP contribution < -0.4 is 11.1 Å². The Balaban J connectivity index is 2.08. The first-order chi connectivity index (χ1) is 9.04. The molecule has 2 aromatic rings. The van der Waals surface area contributed by atoms with E-state index >= 15 is 0 Å². The highest BCUT2D eigenvalue weighted by atomic mass is 16.6. The zero-order valence-corrected chi connectivity index (χ0v) is 10.5. The lowest BCUT2D eigenvalue weighted by Gasteiger charge is -2.14. The Morgan fingerprint density at radius 3 is 2.89 bits per heavy atom. The summed E-state index contributed by atoms with van der Waals surface area (Å²) in [5, 5.41) is 13.9. The fourth-order valence-electron chi connectivity index (χ4n) is 1.89. The van der Waals surface area contributed by atoms with E-state index in [1.54, 1.807) is 12.3 Å². The summed E-state index contributed by atoms with van der Waals surface area (Å²) in [4.78, 5) is 10.3. The van der Waals surface area contributed by atoms with E-state index in [0.29, 0.717) is 17.8 Å². The van der Waals surface area contributed by atoms with E-state index in [1.165, 1.54) is 12.1 Å². The number of benzene rings is 1. The van der Waals surface area contributed by atoms with Gasteiger partial charge in [0.2, 0.25) is 0 Å². The third-order valence-electron chi connectivity index (χ3n) is 2.65. The van der Waals surface area contributed by atoms with E-state index in [2.05, 4.69) is 5.32 Å². The smallest absolute Gasteiger partial charge is 0.273 e. The van der Waals surface area contributed by atoms with Crippen LogP contribution in [0, 0.1) is 10.1 Å². The van der Waals surface area contributed by atoms with Crippen LogP contribution in [0.15, 0.2) is 41.0 Å². The summed E-state index contributed by atoms with van der Waals surface area (Å²) in [7, 11) is 0. The van der Waals surface area contributed by atoms with Crippen LogP contribution in [-0.2, 0) is 6.42 Å². The Morgan fingerprint density at radius 2 is 2.26 bits per heavy atom. The lowest BCUT2D eigenvalue weighted by Crippen LogP contribution is -2.17. The highest BCUT2D eigenvalue weighted by Gasteiger charge is 2.11. The third kappa shape index (κ3) is 3.48. The zero-order chi connectivity index (χ0) is 13.8. The maximum atomic E-state index is 10.8. The monoisotopic (exact) mass is 261 g/mol. The summed E-state index contributed by atoms with van der Waals surface area (Å²) >= 11 is 0. The van der Waals surface area contributed by atoms with Crippen molar-refractivity contribution in [3.05, 3.63) is 52.5 Å². The van der Waals surface area contributed by atoms with Crippen LogP contribution in [0.3, 0.4) is 0 Å². The van der Waals surface area contributed by atoms with Gasteiger partial charge in [-0.2, -0.15) is 0 Å². The average molecular weight is 261 g/mol. The molecule has 0 spiro atoms. The molecule has 1 aromatic heterocycles. The minimum atomic E-state index is -0.460. The van der Waals surface area contributed by atoms with Crippen molar-refractivity contribution in [2.45, 2.75) is 19.4 Å². The molecule has 1 atom stereocenters. The largest absolute Gasteiger partial charge is 0.469 e. The number of furan rings is 1. The Morgan fingerprint density at radius 1 is 1.47 bits per heavy atom. The van der Waals surface area contributed by atoms with Crippen LogP contribution in [0.25, 0.3) is 0 Å². The summed E-state index contributed by atoms with van der Waals surface area (Å²) in [6.07, 6.45) is 2.31. The molecule has 0 saturated heterocycles. The Kier molecular flexibility index (Phi) is 3.70. The van der Waals surface area contributed by atoms with Gasteiger partial charge in [-0.05, 0) is 25.1 Å². The fourth-order valence-corrected chi connectivity index (χ4v) is 1.89. The molecule has 6 nitrogen and oxygen atoms in total. The molecule has 1 heterocycles. The van der Waals surface area contributed by atoms with Crippen molar-refractivity contribution in [2.24, 2.45) is 0 Å². The molecule has 100 valence electrons. The number of rotatable bonds is 5. The number of anilines is 2. The zero-order valence-electron chi connectivity index (χ0n) is 10.5. The van der Waals surface area contributed by atoms with Crippen LogP contribution in [-0.4, -0.2) is 11.0 Å². The maximum Gasteiger partial charge on any atom is 0.273 e. The highest BCUT2D eigenvalue weighted by Crippen LogP contribution is 2.23. The first-order valence-corrected chi connectivity index (χ1v) is 5.88. The summed E-state index contributed by atoms with van der Waals surface area (Å²) in [5.41, 5.74) is 6.62. The van der Waals surface area contributed by atoms with Gasteiger partial charge in [0.15, 0.2) is 0 Å². The molecule has 0 saturated carbocycles.